The average molecular weight is 303 g/mol. The maximum atomic E-state index is 12.1. The fraction of sp³-hybridized carbons (Fsp3) is 0.750. The summed E-state index contributed by atoms with van der Waals surface area (Å²) in [4.78, 5) is 35.6. The van der Waals surface area contributed by atoms with Crippen LogP contribution in [0.2, 0.25) is 0 Å². The number of carboxylic acids is 1. The second-order valence-electron chi connectivity index (χ2n) is 4.86. The highest BCUT2D eigenvalue weighted by atomic mass is 32.2. The summed E-state index contributed by atoms with van der Waals surface area (Å²) in [5.41, 5.74) is 5.00. The molecule has 0 aromatic heterocycles. The number of thioether (sulfide) groups is 1. The molecule has 1 saturated heterocycles. The molecule has 1 fully saturated rings. The van der Waals surface area contributed by atoms with Crippen molar-refractivity contribution in [1.29, 1.82) is 0 Å². The standard InChI is InChI=1S/C12H21N3O4S/c1-7-8(2)20-6-5-15(7)12(19)14-9(11(17)18)3-4-10(13)16/h7-9H,3-6H2,1-2H3,(H2,13,16)(H,14,19)(H,17,18). The molecule has 3 atom stereocenters. The molecule has 1 aliphatic heterocycles. The lowest BCUT2D eigenvalue weighted by Crippen LogP contribution is -2.55. The van der Waals surface area contributed by atoms with Crippen LogP contribution in [0.4, 0.5) is 4.79 Å². The zero-order valence-electron chi connectivity index (χ0n) is 11.7. The molecule has 3 amide bonds. The van der Waals surface area contributed by atoms with E-state index in [9.17, 15) is 14.4 Å². The number of primary amides is 1. The normalized spacial score (nSPS) is 24.0. The first-order chi connectivity index (χ1) is 9.32. The number of carbonyl (C=O) groups is 3. The van der Waals surface area contributed by atoms with Crippen LogP contribution in [0.25, 0.3) is 0 Å². The number of urea groups is 1. The van der Waals surface area contributed by atoms with Crippen LogP contribution in [-0.2, 0) is 9.59 Å². The fourth-order valence-electron chi connectivity index (χ4n) is 2.00. The predicted octanol–water partition coefficient (Wildman–Crippen LogP) is 0.241. The Labute approximate surface area is 122 Å². The number of hydrogen-bond donors (Lipinski definition) is 3. The Morgan fingerprint density at radius 3 is 2.65 bits per heavy atom. The van der Waals surface area contributed by atoms with Crippen LogP contribution in [0.5, 0.6) is 0 Å². The van der Waals surface area contributed by atoms with Crippen molar-refractivity contribution >= 4 is 29.7 Å². The van der Waals surface area contributed by atoms with Crippen LogP contribution >= 0.6 is 11.8 Å². The number of rotatable bonds is 5. The molecule has 0 aromatic carbocycles. The molecule has 8 heteroatoms. The molecule has 0 saturated carbocycles. The summed E-state index contributed by atoms with van der Waals surface area (Å²) >= 11 is 1.79. The van der Waals surface area contributed by atoms with Gasteiger partial charge in [0, 0.05) is 30.0 Å². The van der Waals surface area contributed by atoms with Crippen molar-refractivity contribution in [3.8, 4) is 0 Å². The van der Waals surface area contributed by atoms with Gasteiger partial charge in [0.05, 0.1) is 0 Å². The summed E-state index contributed by atoms with van der Waals surface area (Å²) in [6.07, 6.45) is -0.0675. The molecule has 3 unspecified atom stereocenters. The highest BCUT2D eigenvalue weighted by Gasteiger charge is 2.31. The topological polar surface area (TPSA) is 113 Å². The van der Waals surface area contributed by atoms with Crippen LogP contribution in [0.15, 0.2) is 0 Å². The smallest absolute Gasteiger partial charge is 0.326 e. The summed E-state index contributed by atoms with van der Waals surface area (Å²) < 4.78 is 0. The first-order valence-electron chi connectivity index (χ1n) is 6.52. The van der Waals surface area contributed by atoms with Crippen molar-refractivity contribution < 1.29 is 19.5 Å². The second kappa shape index (κ2) is 7.37. The zero-order chi connectivity index (χ0) is 15.3. The van der Waals surface area contributed by atoms with Gasteiger partial charge < -0.3 is 21.1 Å². The molecule has 0 spiro atoms. The lowest BCUT2D eigenvalue weighted by atomic mass is 10.1. The number of amides is 3. The van der Waals surface area contributed by atoms with E-state index in [4.69, 9.17) is 10.8 Å². The van der Waals surface area contributed by atoms with Gasteiger partial charge in [-0.25, -0.2) is 9.59 Å². The van der Waals surface area contributed by atoms with E-state index in [1.54, 1.807) is 16.7 Å². The minimum absolute atomic E-state index is 0.00291. The van der Waals surface area contributed by atoms with Gasteiger partial charge in [-0.2, -0.15) is 11.8 Å². The Kier molecular flexibility index (Phi) is 6.12. The molecule has 0 bridgehead atoms. The highest BCUT2D eigenvalue weighted by molar-refractivity contribution is 8.00. The van der Waals surface area contributed by atoms with E-state index < -0.39 is 23.9 Å². The number of nitrogens with two attached hydrogens (primary N) is 1. The monoisotopic (exact) mass is 303 g/mol. The molecular weight excluding hydrogens is 282 g/mol. The van der Waals surface area contributed by atoms with E-state index in [0.717, 1.165) is 5.75 Å². The molecular formula is C12H21N3O4S. The van der Waals surface area contributed by atoms with Crippen molar-refractivity contribution in [3.05, 3.63) is 0 Å². The molecule has 4 N–H and O–H groups in total. The van der Waals surface area contributed by atoms with Crippen molar-refractivity contribution in [2.24, 2.45) is 5.73 Å². The maximum Gasteiger partial charge on any atom is 0.326 e. The molecule has 7 nitrogen and oxygen atoms in total. The molecule has 114 valence electrons. The van der Waals surface area contributed by atoms with E-state index in [2.05, 4.69) is 5.32 Å². The van der Waals surface area contributed by atoms with Gasteiger partial charge in [-0.1, -0.05) is 6.92 Å². The quantitative estimate of drug-likeness (QED) is 0.673. The van der Waals surface area contributed by atoms with Crippen molar-refractivity contribution in [2.45, 2.75) is 44.0 Å². The van der Waals surface area contributed by atoms with Gasteiger partial charge in [-0.3, -0.25) is 4.79 Å². The Hall–Kier alpha value is -1.44. The zero-order valence-corrected chi connectivity index (χ0v) is 12.5. The third-order valence-corrected chi connectivity index (χ3v) is 4.76. The Balaban J connectivity index is 2.60. The number of hydrogen-bond acceptors (Lipinski definition) is 4. The van der Waals surface area contributed by atoms with Crippen molar-refractivity contribution in [1.82, 2.24) is 10.2 Å². The highest BCUT2D eigenvalue weighted by Crippen LogP contribution is 2.24. The minimum Gasteiger partial charge on any atom is -0.480 e. The van der Waals surface area contributed by atoms with E-state index in [-0.39, 0.29) is 18.9 Å². The molecule has 1 aliphatic rings. The van der Waals surface area contributed by atoms with E-state index >= 15 is 0 Å². The Bertz CT molecular complexity index is 391. The third-order valence-electron chi connectivity index (χ3n) is 3.42. The predicted molar refractivity (Wildman–Crippen MR) is 76.5 cm³/mol. The summed E-state index contributed by atoms with van der Waals surface area (Å²) in [5, 5.41) is 11.8. The molecule has 1 rings (SSSR count). The summed E-state index contributed by atoms with van der Waals surface area (Å²) in [6.45, 7) is 4.57. The van der Waals surface area contributed by atoms with Crippen LogP contribution in [0.1, 0.15) is 26.7 Å². The largest absolute Gasteiger partial charge is 0.480 e. The summed E-state index contributed by atoms with van der Waals surface area (Å²) in [7, 11) is 0. The summed E-state index contributed by atoms with van der Waals surface area (Å²) in [6, 6.07) is -1.45. The van der Waals surface area contributed by atoms with Gasteiger partial charge in [0.1, 0.15) is 6.04 Å². The van der Waals surface area contributed by atoms with E-state index in [0.29, 0.717) is 11.8 Å². The Morgan fingerprint density at radius 1 is 1.45 bits per heavy atom. The van der Waals surface area contributed by atoms with Crippen LogP contribution in [0.3, 0.4) is 0 Å². The van der Waals surface area contributed by atoms with Gasteiger partial charge >= 0.3 is 12.0 Å². The van der Waals surface area contributed by atoms with Gasteiger partial charge in [0.15, 0.2) is 0 Å². The fourth-order valence-corrected chi connectivity index (χ4v) is 3.10. The minimum atomic E-state index is -1.16. The first kappa shape index (κ1) is 16.6. The lowest BCUT2D eigenvalue weighted by molar-refractivity contribution is -0.139. The maximum absolute atomic E-state index is 12.1. The molecule has 0 aromatic rings. The number of carbonyl (C=O) groups excluding carboxylic acids is 2. The molecule has 20 heavy (non-hydrogen) atoms. The van der Waals surface area contributed by atoms with Crippen molar-refractivity contribution in [3.63, 3.8) is 0 Å². The van der Waals surface area contributed by atoms with E-state index in [1.165, 1.54) is 0 Å². The van der Waals surface area contributed by atoms with Gasteiger partial charge in [-0.15, -0.1) is 0 Å². The molecule has 0 aliphatic carbocycles. The van der Waals surface area contributed by atoms with Crippen molar-refractivity contribution in [2.75, 3.05) is 12.3 Å². The van der Waals surface area contributed by atoms with Crippen LogP contribution < -0.4 is 11.1 Å². The number of aliphatic carboxylic acids is 1. The van der Waals surface area contributed by atoms with Gasteiger partial charge in [-0.05, 0) is 13.3 Å². The molecule has 0 radical (unpaired) electrons. The second-order valence-corrected chi connectivity index (χ2v) is 6.34. The van der Waals surface area contributed by atoms with Crippen LogP contribution in [-0.4, -0.2) is 57.5 Å². The van der Waals surface area contributed by atoms with Gasteiger partial charge in [0.25, 0.3) is 0 Å². The lowest BCUT2D eigenvalue weighted by Gasteiger charge is -2.37. The van der Waals surface area contributed by atoms with Gasteiger partial charge in [0.2, 0.25) is 5.91 Å². The van der Waals surface area contributed by atoms with E-state index in [1.807, 2.05) is 13.8 Å². The number of carboxylic acid groups (broad SMARTS) is 1. The van der Waals surface area contributed by atoms with Crippen LogP contribution in [0, 0.1) is 0 Å². The summed E-state index contributed by atoms with van der Waals surface area (Å²) in [5.74, 6) is -0.911. The molecule has 1 heterocycles. The number of nitrogens with zero attached hydrogens (tertiary/aromatic N) is 1. The number of nitrogens with one attached hydrogen (secondary N) is 1. The first-order valence-corrected chi connectivity index (χ1v) is 7.57. The third kappa shape index (κ3) is 4.59. The SMILES string of the molecule is CC1SCCN(C(=O)NC(CCC(N)=O)C(=O)O)C1C. The Morgan fingerprint density at radius 2 is 2.10 bits per heavy atom. The average Bonchev–Trinajstić information content (AvgIpc) is 2.36.